The number of benzene rings is 1. The minimum Gasteiger partial charge on any atom is -0.481 e. The van der Waals surface area contributed by atoms with E-state index in [0.717, 1.165) is 10.0 Å². The zero-order chi connectivity index (χ0) is 16.2. The molecule has 1 saturated heterocycles. The molecule has 0 spiro atoms. The predicted octanol–water partition coefficient (Wildman–Crippen LogP) is 3.09. The third-order valence-electron chi connectivity index (χ3n) is 3.82. The summed E-state index contributed by atoms with van der Waals surface area (Å²) in [4.78, 5) is 25.1. The van der Waals surface area contributed by atoms with Crippen LogP contribution in [-0.4, -0.2) is 41.8 Å². The topological polar surface area (TPSA) is 66.8 Å². The van der Waals surface area contributed by atoms with Crippen molar-refractivity contribution in [1.82, 2.24) is 4.90 Å². The number of ether oxygens (including phenoxy) is 1. The van der Waals surface area contributed by atoms with E-state index in [1.54, 1.807) is 0 Å². The summed E-state index contributed by atoms with van der Waals surface area (Å²) in [6.45, 7) is 4.15. The summed E-state index contributed by atoms with van der Waals surface area (Å²) in [5.74, 6) is -0.883. The third-order valence-corrected chi connectivity index (χ3v) is 4.32. The van der Waals surface area contributed by atoms with Gasteiger partial charge in [-0.05, 0) is 30.5 Å². The monoisotopic (exact) mass is 367 g/mol. The van der Waals surface area contributed by atoms with Crippen molar-refractivity contribution in [2.45, 2.75) is 12.8 Å². The fourth-order valence-electron chi connectivity index (χ4n) is 2.68. The number of amides is 1. The number of nitrogens with zero attached hydrogens (tertiary/aromatic N) is 1. The zero-order valence-corrected chi connectivity index (χ0v) is 13.7. The van der Waals surface area contributed by atoms with Gasteiger partial charge in [-0.3, -0.25) is 4.79 Å². The Balaban J connectivity index is 2.12. The number of carboxylic acids is 1. The van der Waals surface area contributed by atoms with E-state index in [9.17, 15) is 14.7 Å². The standard InChI is InChI=1S/C16H18BrNO4/c1-2-8-22-15(21)18-7-6-16(11-18,14(19)20)10-12-4-3-5-13(17)9-12/h2-5,9H,1,6-8,10-11H2,(H,19,20). The SMILES string of the molecule is C=CCOC(=O)N1CCC(Cc2cccc(Br)c2)(C(=O)O)C1. The van der Waals surface area contributed by atoms with Gasteiger partial charge in [-0.25, -0.2) is 4.79 Å². The Morgan fingerprint density at radius 1 is 1.50 bits per heavy atom. The van der Waals surface area contributed by atoms with Gasteiger partial charge >= 0.3 is 12.1 Å². The Morgan fingerprint density at radius 2 is 2.27 bits per heavy atom. The minimum atomic E-state index is -0.964. The lowest BCUT2D eigenvalue weighted by molar-refractivity contribution is -0.148. The molecule has 6 heteroatoms. The number of carbonyl (C=O) groups excluding carboxylic acids is 1. The second kappa shape index (κ2) is 6.96. The average Bonchev–Trinajstić information content (AvgIpc) is 2.90. The molecule has 1 N–H and O–H groups in total. The summed E-state index contributed by atoms with van der Waals surface area (Å²) in [6.07, 6.45) is 1.79. The van der Waals surface area contributed by atoms with Gasteiger partial charge in [-0.15, -0.1) is 0 Å². The van der Waals surface area contributed by atoms with Crippen LogP contribution in [0.15, 0.2) is 41.4 Å². The third kappa shape index (κ3) is 3.68. The summed E-state index contributed by atoms with van der Waals surface area (Å²) in [7, 11) is 0. The highest BCUT2D eigenvalue weighted by Gasteiger charge is 2.46. The van der Waals surface area contributed by atoms with E-state index in [1.807, 2.05) is 24.3 Å². The van der Waals surface area contributed by atoms with Gasteiger partial charge in [0.1, 0.15) is 6.61 Å². The molecule has 22 heavy (non-hydrogen) atoms. The van der Waals surface area contributed by atoms with Crippen LogP contribution in [0.5, 0.6) is 0 Å². The van der Waals surface area contributed by atoms with Crippen molar-refractivity contribution >= 4 is 28.0 Å². The van der Waals surface area contributed by atoms with Crippen molar-refractivity contribution in [3.63, 3.8) is 0 Å². The number of rotatable bonds is 5. The molecule has 1 aliphatic heterocycles. The van der Waals surface area contributed by atoms with Crippen LogP contribution in [0.4, 0.5) is 4.79 Å². The van der Waals surface area contributed by atoms with Gasteiger partial charge in [0.15, 0.2) is 0 Å². The molecule has 0 aliphatic carbocycles. The van der Waals surface area contributed by atoms with Gasteiger partial charge in [0.25, 0.3) is 0 Å². The van der Waals surface area contributed by atoms with Gasteiger partial charge in [-0.1, -0.05) is 40.7 Å². The number of carboxylic acid groups (broad SMARTS) is 1. The van der Waals surface area contributed by atoms with Crippen molar-refractivity contribution in [3.05, 3.63) is 47.0 Å². The molecular formula is C16H18BrNO4. The van der Waals surface area contributed by atoms with Gasteiger partial charge < -0.3 is 14.7 Å². The van der Waals surface area contributed by atoms with E-state index in [0.29, 0.717) is 19.4 Å². The Bertz CT molecular complexity index is 589. The normalized spacial score (nSPS) is 20.7. The molecule has 1 fully saturated rings. The second-order valence-corrected chi connectivity index (χ2v) is 6.34. The van der Waals surface area contributed by atoms with Crippen LogP contribution in [0.2, 0.25) is 0 Å². The molecular weight excluding hydrogens is 350 g/mol. The maximum Gasteiger partial charge on any atom is 0.410 e. The number of likely N-dealkylation sites (tertiary alicyclic amines) is 1. The quantitative estimate of drug-likeness (QED) is 0.812. The fraction of sp³-hybridized carbons (Fsp3) is 0.375. The number of carbonyl (C=O) groups is 2. The van der Waals surface area contributed by atoms with Crippen LogP contribution < -0.4 is 0 Å². The fourth-order valence-corrected chi connectivity index (χ4v) is 3.13. The number of aliphatic carboxylic acids is 1. The first-order valence-electron chi connectivity index (χ1n) is 6.97. The highest BCUT2D eigenvalue weighted by molar-refractivity contribution is 9.10. The van der Waals surface area contributed by atoms with Crippen molar-refractivity contribution < 1.29 is 19.4 Å². The number of hydrogen-bond donors (Lipinski definition) is 1. The average molecular weight is 368 g/mol. The highest BCUT2D eigenvalue weighted by atomic mass is 79.9. The molecule has 0 bridgehead atoms. The van der Waals surface area contributed by atoms with Gasteiger partial charge in [-0.2, -0.15) is 0 Å². The lowest BCUT2D eigenvalue weighted by Gasteiger charge is -2.24. The van der Waals surface area contributed by atoms with Crippen LogP contribution in [0, 0.1) is 5.41 Å². The first-order chi connectivity index (χ1) is 10.5. The first kappa shape index (κ1) is 16.5. The maximum atomic E-state index is 11.9. The number of hydrogen-bond acceptors (Lipinski definition) is 3. The summed E-state index contributed by atoms with van der Waals surface area (Å²) >= 11 is 3.39. The van der Waals surface area contributed by atoms with Crippen LogP contribution in [0.3, 0.4) is 0 Å². The molecule has 1 aromatic carbocycles. The molecule has 1 unspecified atom stereocenters. The van der Waals surface area contributed by atoms with Crippen LogP contribution in [-0.2, 0) is 16.0 Å². The zero-order valence-electron chi connectivity index (χ0n) is 12.1. The molecule has 1 aliphatic rings. The largest absolute Gasteiger partial charge is 0.481 e. The Kier molecular flexibility index (Phi) is 5.24. The molecule has 0 saturated carbocycles. The minimum absolute atomic E-state index is 0.126. The van der Waals surface area contributed by atoms with Crippen molar-refractivity contribution in [2.24, 2.45) is 5.41 Å². The van der Waals surface area contributed by atoms with Gasteiger partial charge in [0.05, 0.1) is 5.41 Å². The summed E-state index contributed by atoms with van der Waals surface area (Å²) in [5.41, 5.74) is -0.0355. The summed E-state index contributed by atoms with van der Waals surface area (Å²) < 4.78 is 5.89. The molecule has 118 valence electrons. The van der Waals surface area contributed by atoms with E-state index in [2.05, 4.69) is 22.5 Å². The predicted molar refractivity (Wildman–Crippen MR) is 85.6 cm³/mol. The van der Waals surface area contributed by atoms with E-state index in [4.69, 9.17) is 4.74 Å². The molecule has 1 amide bonds. The van der Waals surface area contributed by atoms with E-state index in [1.165, 1.54) is 11.0 Å². The first-order valence-corrected chi connectivity index (χ1v) is 7.76. The molecule has 1 aromatic rings. The van der Waals surface area contributed by atoms with Gasteiger partial charge in [0.2, 0.25) is 0 Å². The van der Waals surface area contributed by atoms with Gasteiger partial charge in [0, 0.05) is 17.6 Å². The molecule has 2 rings (SSSR count). The van der Waals surface area contributed by atoms with Crippen LogP contribution in [0.25, 0.3) is 0 Å². The highest BCUT2D eigenvalue weighted by Crippen LogP contribution is 2.35. The molecule has 1 heterocycles. The Morgan fingerprint density at radius 3 is 2.91 bits per heavy atom. The lowest BCUT2D eigenvalue weighted by Crippen LogP contribution is -2.38. The van der Waals surface area contributed by atoms with E-state index in [-0.39, 0.29) is 13.2 Å². The van der Waals surface area contributed by atoms with E-state index < -0.39 is 17.5 Å². The van der Waals surface area contributed by atoms with Crippen LogP contribution in [0.1, 0.15) is 12.0 Å². The maximum absolute atomic E-state index is 11.9. The Labute approximate surface area is 137 Å². The van der Waals surface area contributed by atoms with E-state index >= 15 is 0 Å². The molecule has 0 radical (unpaired) electrons. The molecule has 5 nitrogen and oxygen atoms in total. The lowest BCUT2D eigenvalue weighted by atomic mass is 9.81. The van der Waals surface area contributed by atoms with Crippen LogP contribution >= 0.6 is 15.9 Å². The molecule has 1 atom stereocenters. The summed E-state index contributed by atoms with van der Waals surface area (Å²) in [5, 5.41) is 9.66. The van der Waals surface area contributed by atoms with Crippen molar-refractivity contribution in [1.29, 1.82) is 0 Å². The second-order valence-electron chi connectivity index (χ2n) is 5.43. The van der Waals surface area contributed by atoms with Crippen molar-refractivity contribution in [2.75, 3.05) is 19.7 Å². The van der Waals surface area contributed by atoms with Crippen molar-refractivity contribution in [3.8, 4) is 0 Å². The smallest absolute Gasteiger partial charge is 0.410 e. The Hall–Kier alpha value is -1.82. The molecule has 0 aromatic heterocycles. The number of halogens is 1. The summed E-state index contributed by atoms with van der Waals surface area (Å²) in [6, 6.07) is 7.57.